The summed E-state index contributed by atoms with van der Waals surface area (Å²) in [7, 11) is 0. The van der Waals surface area contributed by atoms with E-state index in [1.54, 1.807) is 37.5 Å². The van der Waals surface area contributed by atoms with Crippen molar-refractivity contribution >= 4 is 6.21 Å². The molecule has 0 aliphatic carbocycles. The van der Waals surface area contributed by atoms with Gasteiger partial charge in [0.15, 0.2) is 0 Å². The lowest BCUT2D eigenvalue weighted by Crippen LogP contribution is -2.23. The Morgan fingerprint density at radius 2 is 1.93 bits per heavy atom. The lowest BCUT2D eigenvalue weighted by molar-refractivity contribution is -0.137. The molecular formula is C21H16F3N3O. The molecule has 142 valence electrons. The third-order valence-electron chi connectivity index (χ3n) is 4.86. The van der Waals surface area contributed by atoms with Crippen LogP contribution in [0.5, 0.6) is 0 Å². The molecule has 0 unspecified atom stereocenters. The van der Waals surface area contributed by atoms with Crippen LogP contribution in [0.3, 0.4) is 0 Å². The van der Waals surface area contributed by atoms with Crippen molar-refractivity contribution in [3.05, 3.63) is 87.1 Å². The van der Waals surface area contributed by atoms with Crippen LogP contribution in [0, 0.1) is 6.92 Å². The summed E-state index contributed by atoms with van der Waals surface area (Å²) in [5.74, 6) is 0. The molecular weight excluding hydrogens is 367 g/mol. The van der Waals surface area contributed by atoms with Crippen molar-refractivity contribution < 1.29 is 13.2 Å². The second kappa shape index (κ2) is 6.74. The molecule has 1 aliphatic rings. The molecule has 0 saturated heterocycles. The minimum atomic E-state index is -4.46. The van der Waals surface area contributed by atoms with E-state index in [1.807, 2.05) is 6.07 Å². The molecule has 0 fully saturated rings. The number of nitrogens with zero attached hydrogens (tertiary/aromatic N) is 3. The summed E-state index contributed by atoms with van der Waals surface area (Å²) in [6, 6.07) is 10.6. The van der Waals surface area contributed by atoms with E-state index < -0.39 is 11.7 Å². The Morgan fingerprint density at radius 3 is 2.64 bits per heavy atom. The van der Waals surface area contributed by atoms with E-state index in [1.165, 1.54) is 10.6 Å². The molecule has 4 nitrogen and oxygen atoms in total. The van der Waals surface area contributed by atoms with Crippen LogP contribution in [-0.4, -0.2) is 15.8 Å². The van der Waals surface area contributed by atoms with Crippen molar-refractivity contribution in [2.75, 3.05) is 0 Å². The van der Waals surface area contributed by atoms with Crippen molar-refractivity contribution in [2.45, 2.75) is 26.2 Å². The van der Waals surface area contributed by atoms with Gasteiger partial charge in [0, 0.05) is 35.3 Å². The van der Waals surface area contributed by atoms with Gasteiger partial charge in [-0.1, -0.05) is 6.07 Å². The Bertz CT molecular complexity index is 1130. The second-order valence-corrected chi connectivity index (χ2v) is 6.64. The maximum Gasteiger partial charge on any atom is 0.416 e. The van der Waals surface area contributed by atoms with E-state index >= 15 is 0 Å². The van der Waals surface area contributed by atoms with Crippen LogP contribution in [0.2, 0.25) is 0 Å². The van der Waals surface area contributed by atoms with E-state index in [0.717, 1.165) is 12.1 Å². The van der Waals surface area contributed by atoms with E-state index in [2.05, 4.69) is 9.98 Å². The lowest BCUT2D eigenvalue weighted by Gasteiger charge is -2.17. The zero-order chi connectivity index (χ0) is 19.9. The maximum atomic E-state index is 13.4. The van der Waals surface area contributed by atoms with Crippen molar-refractivity contribution in [1.82, 2.24) is 9.55 Å². The topological polar surface area (TPSA) is 47.2 Å². The highest BCUT2D eigenvalue weighted by Crippen LogP contribution is 2.37. The molecule has 0 N–H and O–H groups in total. The van der Waals surface area contributed by atoms with Gasteiger partial charge in [0.05, 0.1) is 24.3 Å². The lowest BCUT2D eigenvalue weighted by atomic mass is 9.93. The molecule has 0 radical (unpaired) electrons. The summed E-state index contributed by atoms with van der Waals surface area (Å²) in [6.45, 7) is 2.20. The van der Waals surface area contributed by atoms with Crippen molar-refractivity contribution in [3.63, 3.8) is 0 Å². The minimum absolute atomic E-state index is 0.221. The summed E-state index contributed by atoms with van der Waals surface area (Å²) >= 11 is 0. The molecule has 1 aromatic carbocycles. The average Bonchev–Trinajstić information content (AvgIpc) is 3.14. The number of pyridine rings is 2. The van der Waals surface area contributed by atoms with Gasteiger partial charge in [-0.3, -0.25) is 14.8 Å². The number of aromatic nitrogens is 2. The van der Waals surface area contributed by atoms with Gasteiger partial charge in [-0.2, -0.15) is 13.2 Å². The van der Waals surface area contributed by atoms with Crippen LogP contribution in [0.4, 0.5) is 13.2 Å². The number of fused-ring (bicyclic) bond motifs is 1. The number of hydrogen-bond donors (Lipinski definition) is 0. The molecule has 0 atom stereocenters. The van der Waals surface area contributed by atoms with Crippen molar-refractivity contribution in [1.29, 1.82) is 0 Å². The van der Waals surface area contributed by atoms with E-state index in [9.17, 15) is 18.0 Å². The van der Waals surface area contributed by atoms with E-state index in [0.29, 0.717) is 33.6 Å². The minimum Gasteiger partial charge on any atom is -0.306 e. The van der Waals surface area contributed by atoms with Gasteiger partial charge in [-0.25, -0.2) is 0 Å². The molecule has 0 bridgehead atoms. The first kappa shape index (κ1) is 18.2. The molecule has 1 aliphatic heterocycles. The SMILES string of the molecule is Cc1c(-c2cc(C(F)(F)F)cc3c2C=NC3)ccc(=O)n1Cc1ccccn1. The fraction of sp³-hybridized carbons (Fsp3) is 0.190. The normalized spacial score (nSPS) is 13.0. The quantitative estimate of drug-likeness (QED) is 0.680. The summed E-state index contributed by atoms with van der Waals surface area (Å²) in [5.41, 5.74) is 2.54. The second-order valence-electron chi connectivity index (χ2n) is 6.64. The van der Waals surface area contributed by atoms with Gasteiger partial charge in [0.25, 0.3) is 5.56 Å². The maximum absolute atomic E-state index is 13.4. The zero-order valence-electron chi connectivity index (χ0n) is 15.0. The van der Waals surface area contributed by atoms with Crippen LogP contribution in [-0.2, 0) is 19.3 Å². The van der Waals surface area contributed by atoms with Crippen LogP contribution in [0.1, 0.15) is 28.1 Å². The first-order valence-corrected chi connectivity index (χ1v) is 8.69. The van der Waals surface area contributed by atoms with Crippen molar-refractivity contribution in [2.24, 2.45) is 4.99 Å². The molecule has 7 heteroatoms. The molecule has 0 amide bonds. The summed E-state index contributed by atoms with van der Waals surface area (Å²) in [4.78, 5) is 20.8. The number of aliphatic imine (C=N–C) groups is 1. The van der Waals surface area contributed by atoms with Crippen LogP contribution < -0.4 is 5.56 Å². The van der Waals surface area contributed by atoms with Gasteiger partial charge in [0.1, 0.15) is 0 Å². The Hall–Kier alpha value is -3.22. The fourth-order valence-corrected chi connectivity index (χ4v) is 3.43. The number of benzene rings is 1. The summed E-state index contributed by atoms with van der Waals surface area (Å²) in [5, 5.41) is 0. The molecule has 0 saturated carbocycles. The molecule has 4 rings (SSSR count). The summed E-state index contributed by atoms with van der Waals surface area (Å²) in [6.07, 6.45) is -1.23. The van der Waals surface area contributed by atoms with Crippen LogP contribution >= 0.6 is 0 Å². The fourth-order valence-electron chi connectivity index (χ4n) is 3.43. The highest BCUT2D eigenvalue weighted by molar-refractivity contribution is 5.94. The standard InChI is InChI=1S/C21H16F3N3O/c1-13-17(5-6-20(28)27(13)12-16-4-2-3-7-26-16)18-9-15(21(22,23)24)8-14-10-25-11-19(14)18/h2-9,11H,10,12H2,1H3. The van der Waals surface area contributed by atoms with Crippen LogP contribution in [0.25, 0.3) is 11.1 Å². The van der Waals surface area contributed by atoms with E-state index in [4.69, 9.17) is 0 Å². The first-order valence-electron chi connectivity index (χ1n) is 8.69. The number of halogens is 3. The van der Waals surface area contributed by atoms with E-state index in [-0.39, 0.29) is 18.6 Å². The van der Waals surface area contributed by atoms with Gasteiger partial charge in [-0.15, -0.1) is 0 Å². The van der Waals surface area contributed by atoms with Gasteiger partial charge in [-0.05, 0) is 48.4 Å². The molecule has 0 spiro atoms. The smallest absolute Gasteiger partial charge is 0.306 e. The van der Waals surface area contributed by atoms with Crippen molar-refractivity contribution in [3.8, 4) is 11.1 Å². The monoisotopic (exact) mass is 383 g/mol. The Balaban J connectivity index is 1.89. The highest BCUT2D eigenvalue weighted by Gasteiger charge is 2.33. The van der Waals surface area contributed by atoms with Crippen LogP contribution in [0.15, 0.2) is 58.4 Å². The van der Waals surface area contributed by atoms with Gasteiger partial charge < -0.3 is 4.57 Å². The molecule has 2 aromatic heterocycles. The number of hydrogen-bond acceptors (Lipinski definition) is 3. The molecule has 28 heavy (non-hydrogen) atoms. The Kier molecular flexibility index (Phi) is 4.37. The predicted octanol–water partition coefficient (Wildman–Crippen LogP) is 4.22. The first-order chi connectivity index (χ1) is 13.3. The molecule has 3 heterocycles. The third-order valence-corrected chi connectivity index (χ3v) is 4.86. The van der Waals surface area contributed by atoms with Gasteiger partial charge in [0.2, 0.25) is 0 Å². The Labute approximate surface area is 159 Å². The number of rotatable bonds is 3. The number of alkyl halides is 3. The third kappa shape index (κ3) is 3.24. The zero-order valence-corrected chi connectivity index (χ0v) is 15.0. The van der Waals surface area contributed by atoms with Gasteiger partial charge >= 0.3 is 6.18 Å². The molecule has 3 aromatic rings. The average molecular weight is 383 g/mol. The highest BCUT2D eigenvalue weighted by atomic mass is 19.4. The Morgan fingerprint density at radius 1 is 1.11 bits per heavy atom. The largest absolute Gasteiger partial charge is 0.416 e. The predicted molar refractivity (Wildman–Crippen MR) is 101 cm³/mol. The summed E-state index contributed by atoms with van der Waals surface area (Å²) < 4.78 is 41.7.